The highest BCUT2D eigenvalue weighted by molar-refractivity contribution is 9.10. The molecule has 1 unspecified atom stereocenters. The average molecular weight is 380 g/mol. The lowest BCUT2D eigenvalue weighted by molar-refractivity contribution is 0.0832. The van der Waals surface area contributed by atoms with E-state index in [4.69, 9.17) is 13.9 Å². The zero-order valence-corrected chi connectivity index (χ0v) is 14.2. The fourth-order valence-corrected chi connectivity index (χ4v) is 2.63. The molecule has 1 atom stereocenters. The minimum atomic E-state index is -0.226. The molecule has 23 heavy (non-hydrogen) atoms. The Hall–Kier alpha value is -1.79. The Morgan fingerprint density at radius 3 is 2.83 bits per heavy atom. The van der Waals surface area contributed by atoms with Gasteiger partial charge in [0.2, 0.25) is 0 Å². The third-order valence-corrected chi connectivity index (χ3v) is 4.12. The first-order chi connectivity index (χ1) is 11.2. The molecular weight excluding hydrogens is 362 g/mol. The maximum Gasteiger partial charge on any atom is 0.287 e. The summed E-state index contributed by atoms with van der Waals surface area (Å²) in [6.07, 6.45) is 2.16. The van der Waals surface area contributed by atoms with Gasteiger partial charge in [-0.1, -0.05) is 15.9 Å². The van der Waals surface area contributed by atoms with E-state index in [1.165, 1.54) is 0 Å². The largest absolute Gasteiger partial charge is 0.486 e. The lowest BCUT2D eigenvalue weighted by Gasteiger charge is -2.09. The van der Waals surface area contributed by atoms with Gasteiger partial charge in [-0.3, -0.25) is 4.79 Å². The zero-order chi connectivity index (χ0) is 16.1. The fraction of sp³-hybridized carbons (Fsp3) is 0.353. The van der Waals surface area contributed by atoms with Gasteiger partial charge in [0.05, 0.1) is 6.10 Å². The van der Waals surface area contributed by atoms with E-state index in [0.29, 0.717) is 12.3 Å². The molecule has 0 saturated carbocycles. The monoisotopic (exact) mass is 379 g/mol. The van der Waals surface area contributed by atoms with Crippen LogP contribution in [0.15, 0.2) is 45.3 Å². The van der Waals surface area contributed by atoms with Crippen LogP contribution in [0.2, 0.25) is 0 Å². The second-order valence-corrected chi connectivity index (χ2v) is 6.27. The van der Waals surface area contributed by atoms with Crippen LogP contribution >= 0.6 is 15.9 Å². The number of amides is 1. The van der Waals surface area contributed by atoms with Gasteiger partial charge in [-0.15, -0.1) is 0 Å². The molecule has 1 N–H and O–H groups in total. The van der Waals surface area contributed by atoms with Crippen LogP contribution in [0.1, 0.15) is 29.2 Å². The SMILES string of the molecule is O=C(NCC1CCCO1)c1ccc(COc2ccc(Br)cc2)o1. The van der Waals surface area contributed by atoms with Gasteiger partial charge in [0, 0.05) is 17.6 Å². The van der Waals surface area contributed by atoms with E-state index in [2.05, 4.69) is 21.2 Å². The summed E-state index contributed by atoms with van der Waals surface area (Å²) in [5.41, 5.74) is 0. The number of carbonyl (C=O) groups is 1. The van der Waals surface area contributed by atoms with Crippen LogP contribution in [0.3, 0.4) is 0 Å². The highest BCUT2D eigenvalue weighted by Crippen LogP contribution is 2.18. The van der Waals surface area contributed by atoms with Gasteiger partial charge >= 0.3 is 0 Å². The normalized spacial score (nSPS) is 17.2. The minimum Gasteiger partial charge on any atom is -0.486 e. The van der Waals surface area contributed by atoms with Crippen molar-refractivity contribution in [3.8, 4) is 5.75 Å². The number of hydrogen-bond acceptors (Lipinski definition) is 4. The molecule has 2 heterocycles. The van der Waals surface area contributed by atoms with Gasteiger partial charge in [-0.25, -0.2) is 0 Å². The number of rotatable bonds is 6. The van der Waals surface area contributed by atoms with Crippen LogP contribution in [0.25, 0.3) is 0 Å². The Morgan fingerprint density at radius 1 is 1.26 bits per heavy atom. The second kappa shape index (κ2) is 7.66. The maximum atomic E-state index is 12.0. The van der Waals surface area contributed by atoms with Gasteiger partial charge in [0.15, 0.2) is 5.76 Å². The predicted molar refractivity (Wildman–Crippen MR) is 88.5 cm³/mol. The number of ether oxygens (including phenoxy) is 2. The van der Waals surface area contributed by atoms with Crippen molar-refractivity contribution in [1.82, 2.24) is 5.32 Å². The Labute approximate surface area is 143 Å². The lowest BCUT2D eigenvalue weighted by atomic mass is 10.2. The molecule has 6 heteroatoms. The van der Waals surface area contributed by atoms with Gasteiger partial charge in [-0.05, 0) is 49.2 Å². The Balaban J connectivity index is 1.48. The van der Waals surface area contributed by atoms with E-state index in [9.17, 15) is 4.79 Å². The first-order valence-corrected chi connectivity index (χ1v) is 8.37. The molecule has 5 nitrogen and oxygen atoms in total. The molecule has 1 amide bonds. The molecule has 3 rings (SSSR count). The summed E-state index contributed by atoms with van der Waals surface area (Å²) in [5.74, 6) is 1.41. The average Bonchev–Trinajstić information content (AvgIpc) is 3.24. The topological polar surface area (TPSA) is 60.7 Å². The van der Waals surface area contributed by atoms with Gasteiger partial charge < -0.3 is 19.2 Å². The van der Waals surface area contributed by atoms with Crippen molar-refractivity contribution in [3.05, 3.63) is 52.4 Å². The molecule has 0 radical (unpaired) electrons. The number of carbonyl (C=O) groups excluding carboxylic acids is 1. The van der Waals surface area contributed by atoms with Crippen molar-refractivity contribution in [1.29, 1.82) is 0 Å². The zero-order valence-electron chi connectivity index (χ0n) is 12.6. The molecule has 0 aliphatic carbocycles. The molecular formula is C17H18BrNO4. The van der Waals surface area contributed by atoms with Gasteiger partial charge in [-0.2, -0.15) is 0 Å². The third kappa shape index (κ3) is 4.59. The van der Waals surface area contributed by atoms with Crippen LogP contribution in [-0.4, -0.2) is 25.2 Å². The van der Waals surface area contributed by atoms with E-state index in [0.717, 1.165) is 29.7 Å². The number of benzene rings is 1. The molecule has 1 aromatic carbocycles. The summed E-state index contributed by atoms with van der Waals surface area (Å²) in [6.45, 7) is 1.57. The smallest absolute Gasteiger partial charge is 0.287 e. The van der Waals surface area contributed by atoms with E-state index < -0.39 is 0 Å². The van der Waals surface area contributed by atoms with Crippen LogP contribution in [-0.2, 0) is 11.3 Å². The first-order valence-electron chi connectivity index (χ1n) is 7.57. The summed E-state index contributed by atoms with van der Waals surface area (Å²) in [5, 5.41) is 2.83. The van der Waals surface area contributed by atoms with Crippen molar-refractivity contribution in [2.45, 2.75) is 25.6 Å². The predicted octanol–water partition coefficient (Wildman–Crippen LogP) is 3.53. The Bertz CT molecular complexity index is 647. The number of halogens is 1. The second-order valence-electron chi connectivity index (χ2n) is 5.35. The van der Waals surface area contributed by atoms with Crippen molar-refractivity contribution in [2.75, 3.05) is 13.2 Å². The van der Waals surface area contributed by atoms with Crippen LogP contribution in [0, 0.1) is 0 Å². The summed E-state index contributed by atoms with van der Waals surface area (Å²) in [7, 11) is 0. The molecule has 0 bridgehead atoms. The van der Waals surface area contributed by atoms with Crippen molar-refractivity contribution in [3.63, 3.8) is 0 Å². The molecule has 1 saturated heterocycles. The molecule has 1 aliphatic heterocycles. The summed E-state index contributed by atoms with van der Waals surface area (Å²) in [6, 6.07) is 10.9. The van der Waals surface area contributed by atoms with Gasteiger partial charge in [0.25, 0.3) is 5.91 Å². The van der Waals surface area contributed by atoms with E-state index in [1.807, 2.05) is 24.3 Å². The van der Waals surface area contributed by atoms with Crippen molar-refractivity contribution >= 4 is 21.8 Å². The molecule has 1 aromatic heterocycles. The first kappa shape index (κ1) is 16.1. The van der Waals surface area contributed by atoms with E-state index in [-0.39, 0.29) is 24.4 Å². The summed E-state index contributed by atoms with van der Waals surface area (Å²) >= 11 is 3.37. The van der Waals surface area contributed by atoms with Crippen LogP contribution in [0.4, 0.5) is 0 Å². The standard InChI is InChI=1S/C17H18BrNO4/c18-12-3-5-13(6-4-12)22-11-15-7-8-16(23-15)17(20)19-10-14-2-1-9-21-14/h3-8,14H,1-2,9-11H2,(H,19,20). The number of nitrogens with one attached hydrogen (secondary N) is 1. The van der Waals surface area contributed by atoms with Gasteiger partial charge in [0.1, 0.15) is 18.1 Å². The summed E-state index contributed by atoms with van der Waals surface area (Å²) < 4.78 is 17.6. The molecule has 2 aromatic rings. The quantitative estimate of drug-likeness (QED) is 0.833. The van der Waals surface area contributed by atoms with Crippen LogP contribution in [0.5, 0.6) is 5.75 Å². The van der Waals surface area contributed by atoms with Crippen LogP contribution < -0.4 is 10.1 Å². The lowest BCUT2D eigenvalue weighted by Crippen LogP contribution is -2.31. The molecule has 1 fully saturated rings. The summed E-state index contributed by atoms with van der Waals surface area (Å²) in [4.78, 5) is 12.0. The molecule has 1 aliphatic rings. The third-order valence-electron chi connectivity index (χ3n) is 3.59. The minimum absolute atomic E-state index is 0.120. The maximum absolute atomic E-state index is 12.0. The molecule has 122 valence electrons. The van der Waals surface area contributed by atoms with E-state index >= 15 is 0 Å². The van der Waals surface area contributed by atoms with Crippen molar-refractivity contribution in [2.24, 2.45) is 0 Å². The Morgan fingerprint density at radius 2 is 2.09 bits per heavy atom. The molecule has 0 spiro atoms. The fourth-order valence-electron chi connectivity index (χ4n) is 2.36. The van der Waals surface area contributed by atoms with E-state index in [1.54, 1.807) is 12.1 Å². The highest BCUT2D eigenvalue weighted by Gasteiger charge is 2.18. The Kier molecular flexibility index (Phi) is 5.35. The number of furan rings is 1. The number of hydrogen-bond donors (Lipinski definition) is 1. The van der Waals surface area contributed by atoms with Crippen molar-refractivity contribution < 1.29 is 18.7 Å². The highest BCUT2D eigenvalue weighted by atomic mass is 79.9.